The van der Waals surface area contributed by atoms with Crippen molar-refractivity contribution in [2.45, 2.75) is 26.3 Å². The number of carbonyl (C=O) groups excluding carboxylic acids is 1. The van der Waals surface area contributed by atoms with E-state index in [2.05, 4.69) is 15.2 Å². The fourth-order valence-corrected chi connectivity index (χ4v) is 3.34. The average molecular weight is 370 g/mol. The van der Waals surface area contributed by atoms with Crippen LogP contribution in [0.25, 0.3) is 0 Å². The number of rotatable bonds is 5. The summed E-state index contributed by atoms with van der Waals surface area (Å²) in [5.74, 6) is -1.27. The molecule has 1 aliphatic heterocycles. The number of aromatic nitrogens is 2. The molecule has 1 amide bonds. The van der Waals surface area contributed by atoms with Gasteiger partial charge in [-0.2, -0.15) is 0 Å². The van der Waals surface area contributed by atoms with E-state index in [0.717, 1.165) is 29.6 Å². The molecule has 0 aliphatic carbocycles. The summed E-state index contributed by atoms with van der Waals surface area (Å²) in [6, 6.07) is 6.58. The lowest BCUT2D eigenvalue weighted by Crippen LogP contribution is -2.48. The zero-order chi connectivity index (χ0) is 19.4. The Kier molecular flexibility index (Phi) is 5.25. The minimum atomic E-state index is -1.12. The zero-order valence-corrected chi connectivity index (χ0v) is 15.1. The van der Waals surface area contributed by atoms with Crippen LogP contribution in [0, 0.1) is 5.41 Å². The van der Waals surface area contributed by atoms with Crippen molar-refractivity contribution in [2.24, 2.45) is 5.41 Å². The molecule has 0 radical (unpaired) electrons. The Labute approximate surface area is 156 Å². The summed E-state index contributed by atoms with van der Waals surface area (Å²) in [7, 11) is 0. The van der Waals surface area contributed by atoms with Gasteiger partial charge in [-0.25, -0.2) is 0 Å². The highest BCUT2D eigenvalue weighted by Crippen LogP contribution is 2.33. The van der Waals surface area contributed by atoms with Crippen LogP contribution >= 0.6 is 0 Å². The molecule has 2 N–H and O–H groups in total. The summed E-state index contributed by atoms with van der Waals surface area (Å²) in [5.41, 5.74) is 0.343. The lowest BCUT2D eigenvalue weighted by atomic mass is 9.80. The summed E-state index contributed by atoms with van der Waals surface area (Å²) in [5, 5.41) is 11.7. The van der Waals surface area contributed by atoms with Gasteiger partial charge in [0, 0.05) is 31.5 Å². The number of anilines is 2. The van der Waals surface area contributed by atoms with E-state index < -0.39 is 23.5 Å². The van der Waals surface area contributed by atoms with Crippen LogP contribution in [0.5, 0.6) is 0 Å². The number of nitrogens with one attached hydrogen (secondary N) is 1. The predicted octanol–water partition coefficient (Wildman–Crippen LogP) is 1.57. The number of carboxylic acid groups (broad SMARTS) is 1. The normalized spacial score (nSPS) is 19.5. The summed E-state index contributed by atoms with van der Waals surface area (Å²) in [6.45, 7) is 2.88. The smallest absolute Gasteiger partial charge is 0.323 e. The minimum Gasteiger partial charge on any atom is -0.480 e. The Bertz CT molecular complexity index is 896. The molecule has 0 unspecified atom stereocenters. The predicted molar refractivity (Wildman–Crippen MR) is 101 cm³/mol. The molecule has 1 atom stereocenters. The molecule has 3 rings (SSSR count). The maximum absolute atomic E-state index is 12.9. The van der Waals surface area contributed by atoms with Gasteiger partial charge in [-0.15, -0.1) is 0 Å². The maximum Gasteiger partial charge on any atom is 0.323 e. The van der Waals surface area contributed by atoms with Crippen LogP contribution < -0.4 is 15.8 Å². The molecule has 0 spiro atoms. The van der Waals surface area contributed by atoms with E-state index in [1.54, 1.807) is 12.4 Å². The van der Waals surface area contributed by atoms with Gasteiger partial charge in [0.25, 0.3) is 5.56 Å². The van der Waals surface area contributed by atoms with Gasteiger partial charge in [0.2, 0.25) is 5.91 Å². The van der Waals surface area contributed by atoms with Gasteiger partial charge in [-0.1, -0.05) is 0 Å². The van der Waals surface area contributed by atoms with Crippen LogP contribution in [-0.2, 0) is 16.1 Å². The maximum atomic E-state index is 12.9. The number of carboxylic acids is 1. The van der Waals surface area contributed by atoms with Crippen LogP contribution in [0.1, 0.15) is 19.8 Å². The fourth-order valence-electron chi connectivity index (χ4n) is 3.34. The molecule has 27 heavy (non-hydrogen) atoms. The van der Waals surface area contributed by atoms with E-state index in [4.69, 9.17) is 5.11 Å². The molecule has 0 bridgehead atoms. The summed E-state index contributed by atoms with van der Waals surface area (Å²) < 4.78 is 1.06. The number of amides is 1. The highest BCUT2D eigenvalue weighted by atomic mass is 16.4. The minimum absolute atomic E-state index is 0.156. The summed E-state index contributed by atoms with van der Waals surface area (Å²) in [4.78, 5) is 41.8. The Morgan fingerprint density at radius 3 is 2.85 bits per heavy atom. The average Bonchev–Trinajstić information content (AvgIpc) is 2.65. The first-order chi connectivity index (χ1) is 12.9. The fraction of sp³-hybridized carbons (Fsp3) is 0.368. The van der Waals surface area contributed by atoms with E-state index in [-0.39, 0.29) is 5.91 Å². The van der Waals surface area contributed by atoms with Crippen LogP contribution in [-0.4, -0.2) is 39.6 Å². The van der Waals surface area contributed by atoms with E-state index in [1.807, 2.05) is 19.1 Å². The standard InChI is InChI=1S/C19H22N4O4/c1-19(7-3-9-22(13-19)15-4-2-8-20-10-15)18(27)21-14-5-6-16(24)23(11-14)12-17(25)26/h2,4-6,8,10-11H,3,7,9,12-13H2,1H3,(H,21,27)(H,25,26)/t19-/m1/s1. The zero-order valence-electron chi connectivity index (χ0n) is 15.1. The Morgan fingerprint density at radius 2 is 2.15 bits per heavy atom. The molecular formula is C19H22N4O4. The monoisotopic (exact) mass is 370 g/mol. The molecule has 8 nitrogen and oxygen atoms in total. The van der Waals surface area contributed by atoms with Crippen LogP contribution in [0.4, 0.5) is 11.4 Å². The van der Waals surface area contributed by atoms with Crippen molar-refractivity contribution in [3.8, 4) is 0 Å². The number of pyridine rings is 2. The number of nitrogens with zero attached hydrogens (tertiary/aromatic N) is 3. The van der Waals surface area contributed by atoms with Crippen molar-refractivity contribution in [1.82, 2.24) is 9.55 Å². The molecule has 2 aromatic heterocycles. The lowest BCUT2D eigenvalue weighted by molar-refractivity contribution is -0.137. The second-order valence-corrected chi connectivity index (χ2v) is 7.03. The molecule has 1 saturated heterocycles. The quantitative estimate of drug-likeness (QED) is 0.828. The van der Waals surface area contributed by atoms with Crippen LogP contribution in [0.3, 0.4) is 0 Å². The number of hydrogen-bond acceptors (Lipinski definition) is 5. The number of aliphatic carboxylic acids is 1. The van der Waals surface area contributed by atoms with Crippen molar-refractivity contribution in [2.75, 3.05) is 23.3 Å². The third-order valence-electron chi connectivity index (χ3n) is 4.80. The Hall–Kier alpha value is -3.16. The first-order valence-corrected chi connectivity index (χ1v) is 8.76. The number of carbonyl (C=O) groups is 2. The largest absolute Gasteiger partial charge is 0.480 e. The topological polar surface area (TPSA) is 105 Å². The van der Waals surface area contributed by atoms with Crippen molar-refractivity contribution in [3.63, 3.8) is 0 Å². The van der Waals surface area contributed by atoms with E-state index in [9.17, 15) is 14.4 Å². The van der Waals surface area contributed by atoms with Gasteiger partial charge in [-0.3, -0.25) is 19.4 Å². The summed E-state index contributed by atoms with van der Waals surface area (Å²) >= 11 is 0. The first-order valence-electron chi connectivity index (χ1n) is 8.76. The van der Waals surface area contributed by atoms with Gasteiger partial charge in [0.15, 0.2) is 0 Å². The van der Waals surface area contributed by atoms with E-state index in [1.165, 1.54) is 18.3 Å². The van der Waals surface area contributed by atoms with Gasteiger partial charge >= 0.3 is 5.97 Å². The highest BCUT2D eigenvalue weighted by Gasteiger charge is 2.38. The molecule has 0 aromatic carbocycles. The Balaban J connectivity index is 1.75. The second-order valence-electron chi connectivity index (χ2n) is 7.03. The third kappa shape index (κ3) is 4.33. The molecule has 8 heteroatoms. The SMILES string of the molecule is C[C@@]1(C(=O)Nc2ccc(=O)n(CC(=O)O)c2)CCCN(c2cccnc2)C1. The molecule has 2 aromatic rings. The van der Waals surface area contributed by atoms with E-state index >= 15 is 0 Å². The second kappa shape index (κ2) is 7.61. The van der Waals surface area contributed by atoms with Crippen molar-refractivity contribution >= 4 is 23.3 Å². The van der Waals surface area contributed by atoms with Gasteiger partial charge in [0.05, 0.1) is 23.0 Å². The first kappa shape index (κ1) is 18.6. The van der Waals surface area contributed by atoms with Gasteiger partial charge in [0.1, 0.15) is 6.54 Å². The van der Waals surface area contributed by atoms with E-state index in [0.29, 0.717) is 12.2 Å². The molecule has 0 saturated carbocycles. The highest BCUT2D eigenvalue weighted by molar-refractivity contribution is 5.95. The van der Waals surface area contributed by atoms with Crippen molar-refractivity contribution in [3.05, 3.63) is 53.2 Å². The Morgan fingerprint density at radius 1 is 1.33 bits per heavy atom. The molecule has 142 valence electrons. The van der Waals surface area contributed by atoms with Crippen molar-refractivity contribution in [1.29, 1.82) is 0 Å². The molecular weight excluding hydrogens is 348 g/mol. The van der Waals surface area contributed by atoms with Crippen LogP contribution in [0.2, 0.25) is 0 Å². The number of hydrogen-bond donors (Lipinski definition) is 2. The van der Waals surface area contributed by atoms with Crippen molar-refractivity contribution < 1.29 is 14.7 Å². The number of piperidine rings is 1. The van der Waals surface area contributed by atoms with Gasteiger partial charge in [-0.05, 0) is 38.0 Å². The van der Waals surface area contributed by atoms with Crippen LogP contribution in [0.15, 0.2) is 47.7 Å². The third-order valence-corrected chi connectivity index (χ3v) is 4.80. The molecule has 3 heterocycles. The summed E-state index contributed by atoms with van der Waals surface area (Å²) in [6.07, 6.45) is 6.47. The lowest BCUT2D eigenvalue weighted by Gasteiger charge is -2.40. The van der Waals surface area contributed by atoms with Gasteiger partial charge < -0.3 is 19.9 Å². The molecule has 1 fully saturated rings. The molecule has 1 aliphatic rings.